The molecule has 2 aromatic carbocycles. The molecule has 5 nitrogen and oxygen atoms in total. The van der Waals surface area contributed by atoms with Gasteiger partial charge in [0.05, 0.1) is 0 Å². The van der Waals surface area contributed by atoms with Crippen LogP contribution in [0.3, 0.4) is 0 Å². The first kappa shape index (κ1) is 22.4. The molecule has 2 aromatic rings. The molecular formula is C22H25F2NO4S. The molecule has 0 saturated heterocycles. The Morgan fingerprint density at radius 3 is 2.50 bits per heavy atom. The Kier molecular flexibility index (Phi) is 6.57. The van der Waals surface area contributed by atoms with Gasteiger partial charge in [-0.3, -0.25) is 0 Å². The van der Waals surface area contributed by atoms with Crippen LogP contribution in [0.25, 0.3) is 0 Å². The lowest BCUT2D eigenvalue weighted by atomic mass is 9.91. The van der Waals surface area contributed by atoms with E-state index in [2.05, 4.69) is 4.40 Å². The average molecular weight is 438 g/mol. The predicted octanol–water partition coefficient (Wildman–Crippen LogP) is 3.97. The molecule has 1 aliphatic heterocycles. The van der Waals surface area contributed by atoms with Gasteiger partial charge in [-0.05, 0) is 61.9 Å². The first-order valence-electron chi connectivity index (χ1n) is 9.74. The molecule has 0 fully saturated rings. The minimum atomic E-state index is -3.91. The van der Waals surface area contributed by atoms with E-state index in [1.165, 1.54) is 0 Å². The molecule has 8 heteroatoms. The normalized spacial score (nSPS) is 20.8. The standard InChI is InChI=1S/C22H25F2NO4S/c1-22(2)20(12-15-6-4-3-5-7-15)30(27,28)25-21(29-22)13-16(10-11-26)18-14-17(23)8-9-19(18)24/h3-9,14,16,20,26H,10-13H2,1-2H3/t16-,20?/m1/s1. The first-order valence-corrected chi connectivity index (χ1v) is 11.2. The summed E-state index contributed by atoms with van der Waals surface area (Å²) >= 11 is 0. The van der Waals surface area contributed by atoms with E-state index >= 15 is 0 Å². The zero-order chi connectivity index (χ0) is 21.9. The molecule has 0 bridgehead atoms. The lowest BCUT2D eigenvalue weighted by Crippen LogP contribution is -2.50. The molecule has 30 heavy (non-hydrogen) atoms. The molecule has 0 spiro atoms. The maximum Gasteiger partial charge on any atom is 0.263 e. The first-order chi connectivity index (χ1) is 14.1. The number of aliphatic hydroxyl groups is 1. The Labute approximate surface area is 175 Å². The van der Waals surface area contributed by atoms with Crippen LogP contribution in [0.2, 0.25) is 0 Å². The van der Waals surface area contributed by atoms with Gasteiger partial charge in [-0.2, -0.15) is 0 Å². The second kappa shape index (κ2) is 8.81. The molecule has 3 rings (SSSR count). The number of aliphatic hydroxyl groups excluding tert-OH is 1. The second-order valence-electron chi connectivity index (χ2n) is 7.96. The maximum absolute atomic E-state index is 14.3. The zero-order valence-corrected chi connectivity index (χ0v) is 17.7. The number of sulfonamides is 1. The maximum atomic E-state index is 14.3. The summed E-state index contributed by atoms with van der Waals surface area (Å²) in [4.78, 5) is 0. The highest BCUT2D eigenvalue weighted by molar-refractivity contribution is 7.91. The van der Waals surface area contributed by atoms with Crippen molar-refractivity contribution in [2.45, 2.75) is 49.9 Å². The lowest BCUT2D eigenvalue weighted by Gasteiger charge is -2.37. The highest BCUT2D eigenvalue weighted by Crippen LogP contribution is 2.35. The second-order valence-corrected chi connectivity index (χ2v) is 9.74. The van der Waals surface area contributed by atoms with Crippen LogP contribution in [0.4, 0.5) is 8.78 Å². The average Bonchev–Trinajstić information content (AvgIpc) is 2.66. The summed E-state index contributed by atoms with van der Waals surface area (Å²) < 4.78 is 63.6. The van der Waals surface area contributed by atoms with Crippen molar-refractivity contribution in [1.29, 1.82) is 0 Å². The van der Waals surface area contributed by atoms with Gasteiger partial charge in [0.2, 0.25) is 5.90 Å². The van der Waals surface area contributed by atoms with Crippen molar-refractivity contribution >= 4 is 15.9 Å². The van der Waals surface area contributed by atoms with Gasteiger partial charge in [0.25, 0.3) is 10.0 Å². The van der Waals surface area contributed by atoms with Gasteiger partial charge in [-0.25, -0.2) is 17.2 Å². The van der Waals surface area contributed by atoms with Gasteiger partial charge in [0.1, 0.15) is 22.5 Å². The third-order valence-electron chi connectivity index (χ3n) is 5.31. The largest absolute Gasteiger partial charge is 0.473 e. The van der Waals surface area contributed by atoms with Gasteiger partial charge in [-0.1, -0.05) is 30.3 Å². The monoisotopic (exact) mass is 437 g/mol. The van der Waals surface area contributed by atoms with Crippen LogP contribution in [-0.4, -0.2) is 36.9 Å². The summed E-state index contributed by atoms with van der Waals surface area (Å²) in [6.07, 6.45) is 0.282. The number of rotatable bonds is 7. The minimum Gasteiger partial charge on any atom is -0.473 e. The van der Waals surface area contributed by atoms with Crippen LogP contribution in [0.1, 0.15) is 43.7 Å². The van der Waals surface area contributed by atoms with Gasteiger partial charge < -0.3 is 9.84 Å². The zero-order valence-electron chi connectivity index (χ0n) is 16.9. The van der Waals surface area contributed by atoms with Crippen molar-refractivity contribution in [3.8, 4) is 0 Å². The van der Waals surface area contributed by atoms with E-state index in [1.807, 2.05) is 30.3 Å². The van der Waals surface area contributed by atoms with Crippen molar-refractivity contribution in [2.75, 3.05) is 6.61 Å². The van der Waals surface area contributed by atoms with Crippen LogP contribution < -0.4 is 0 Å². The van der Waals surface area contributed by atoms with Gasteiger partial charge in [0.15, 0.2) is 0 Å². The van der Waals surface area contributed by atoms with E-state index in [0.717, 1.165) is 23.8 Å². The Morgan fingerprint density at radius 2 is 1.87 bits per heavy atom. The molecular weight excluding hydrogens is 412 g/mol. The SMILES string of the molecule is CC1(C)OC(C[C@@H](CCO)c2cc(F)ccc2F)=NS(=O)(=O)C1Cc1ccccc1. The van der Waals surface area contributed by atoms with Crippen molar-refractivity contribution < 1.29 is 27.0 Å². The topological polar surface area (TPSA) is 76.0 Å². The molecule has 1 unspecified atom stereocenters. The van der Waals surface area contributed by atoms with Crippen molar-refractivity contribution in [2.24, 2.45) is 4.40 Å². The minimum absolute atomic E-state index is 0.0527. The number of nitrogens with zero attached hydrogens (tertiary/aromatic N) is 1. The molecule has 1 N–H and O–H groups in total. The quantitative estimate of drug-likeness (QED) is 0.711. The van der Waals surface area contributed by atoms with Gasteiger partial charge in [0, 0.05) is 13.0 Å². The van der Waals surface area contributed by atoms with E-state index in [0.29, 0.717) is 0 Å². The molecule has 0 aromatic heterocycles. The third kappa shape index (κ3) is 5.05. The summed E-state index contributed by atoms with van der Waals surface area (Å²) in [7, 11) is -3.91. The van der Waals surface area contributed by atoms with Crippen molar-refractivity contribution in [3.05, 3.63) is 71.3 Å². The Hall–Kier alpha value is -2.32. The van der Waals surface area contributed by atoms with Crippen LogP contribution in [0.5, 0.6) is 0 Å². The Balaban J connectivity index is 1.90. The highest BCUT2D eigenvalue weighted by Gasteiger charge is 2.46. The molecule has 0 aliphatic carbocycles. The third-order valence-corrected chi connectivity index (χ3v) is 7.22. The van der Waals surface area contributed by atoms with E-state index in [1.54, 1.807) is 13.8 Å². The molecule has 1 heterocycles. The summed E-state index contributed by atoms with van der Waals surface area (Å²) in [5, 5.41) is 8.49. The Morgan fingerprint density at radius 1 is 1.17 bits per heavy atom. The fourth-order valence-electron chi connectivity index (χ4n) is 3.77. The molecule has 2 atom stereocenters. The molecule has 1 aliphatic rings. The molecule has 0 radical (unpaired) electrons. The number of hydrogen-bond acceptors (Lipinski definition) is 4. The van der Waals surface area contributed by atoms with Crippen LogP contribution in [0, 0.1) is 11.6 Å². The summed E-state index contributed by atoms with van der Waals surface area (Å²) in [6, 6.07) is 12.3. The van der Waals surface area contributed by atoms with Crippen molar-refractivity contribution in [3.63, 3.8) is 0 Å². The van der Waals surface area contributed by atoms with E-state index in [9.17, 15) is 22.3 Å². The van der Waals surface area contributed by atoms with E-state index < -0.39 is 38.4 Å². The summed E-state index contributed by atoms with van der Waals surface area (Å²) in [6.45, 7) is 3.08. The Bertz CT molecular complexity index is 1020. The smallest absolute Gasteiger partial charge is 0.263 e. The van der Waals surface area contributed by atoms with Gasteiger partial charge >= 0.3 is 0 Å². The number of ether oxygens (including phenoxy) is 1. The predicted molar refractivity (Wildman–Crippen MR) is 111 cm³/mol. The number of benzene rings is 2. The molecule has 0 amide bonds. The number of hydrogen-bond donors (Lipinski definition) is 1. The van der Waals surface area contributed by atoms with E-state index in [-0.39, 0.29) is 37.3 Å². The van der Waals surface area contributed by atoms with Crippen LogP contribution in [-0.2, 0) is 21.2 Å². The van der Waals surface area contributed by atoms with Crippen molar-refractivity contribution in [1.82, 2.24) is 0 Å². The fraction of sp³-hybridized carbons (Fsp3) is 0.409. The lowest BCUT2D eigenvalue weighted by molar-refractivity contribution is 0.0797. The highest BCUT2D eigenvalue weighted by atomic mass is 32.2. The van der Waals surface area contributed by atoms with Crippen LogP contribution in [0.15, 0.2) is 52.9 Å². The molecule has 0 saturated carbocycles. The van der Waals surface area contributed by atoms with Gasteiger partial charge in [-0.15, -0.1) is 4.40 Å². The summed E-state index contributed by atoms with van der Waals surface area (Å²) in [5.41, 5.74) is -0.172. The summed E-state index contributed by atoms with van der Waals surface area (Å²) in [5.74, 6) is -1.99. The van der Waals surface area contributed by atoms with E-state index in [4.69, 9.17) is 4.74 Å². The fourth-order valence-corrected chi connectivity index (χ4v) is 5.46. The molecule has 162 valence electrons. The van der Waals surface area contributed by atoms with Crippen LogP contribution >= 0.6 is 0 Å². The number of halogens is 2.